The molecule has 1 N–H and O–H groups in total. The molecule has 0 unspecified atom stereocenters. The topological polar surface area (TPSA) is 66.8 Å². The van der Waals surface area contributed by atoms with Crippen LogP contribution in [0.3, 0.4) is 0 Å². The van der Waals surface area contributed by atoms with Gasteiger partial charge in [-0.15, -0.1) is 0 Å². The maximum atomic E-state index is 12.3. The molecule has 102 valence electrons. The Morgan fingerprint density at radius 2 is 2.32 bits per heavy atom. The predicted octanol–water partition coefficient (Wildman–Crippen LogP) is 1.46. The van der Waals surface area contributed by atoms with Crippen molar-refractivity contribution >= 4 is 11.6 Å². The highest BCUT2D eigenvalue weighted by molar-refractivity contribution is 6.06. The number of H-pyrrole nitrogens is 1. The fraction of sp³-hybridized carbons (Fsp3) is 0.364. The number of nitrogens with zero attached hydrogens (tertiary/aromatic N) is 4. The first kappa shape index (κ1) is 13.2. The summed E-state index contributed by atoms with van der Waals surface area (Å²) in [4.78, 5) is 13.6. The Morgan fingerprint density at radius 3 is 2.89 bits per heavy atom. The van der Waals surface area contributed by atoms with Gasteiger partial charge in [0.25, 0.3) is 12.3 Å². The average Bonchev–Trinajstić information content (AvgIpc) is 2.96. The standard InChI is InChI=1S/C11H13F2N5O/c1-7-9(5-18(16-7)6-10(12)13)11(19)17(2)8-3-14-15-4-8/h3-5,10H,6H2,1-2H3,(H,14,15). The van der Waals surface area contributed by atoms with Crippen LogP contribution in [0.15, 0.2) is 18.6 Å². The molecule has 19 heavy (non-hydrogen) atoms. The Kier molecular flexibility index (Phi) is 3.59. The van der Waals surface area contributed by atoms with Crippen molar-refractivity contribution in [2.75, 3.05) is 11.9 Å². The third-order valence-electron chi connectivity index (χ3n) is 2.68. The number of halogens is 2. The van der Waals surface area contributed by atoms with Crippen molar-refractivity contribution in [1.82, 2.24) is 20.0 Å². The molecule has 2 heterocycles. The number of hydrogen-bond donors (Lipinski definition) is 1. The zero-order valence-electron chi connectivity index (χ0n) is 10.5. The molecule has 0 aliphatic heterocycles. The zero-order valence-corrected chi connectivity index (χ0v) is 10.5. The highest BCUT2D eigenvalue weighted by Gasteiger charge is 2.20. The molecule has 0 saturated carbocycles. The minimum atomic E-state index is -2.51. The molecule has 6 nitrogen and oxygen atoms in total. The van der Waals surface area contributed by atoms with Crippen LogP contribution in [0.4, 0.5) is 14.5 Å². The van der Waals surface area contributed by atoms with E-state index < -0.39 is 13.0 Å². The lowest BCUT2D eigenvalue weighted by Gasteiger charge is -2.13. The van der Waals surface area contributed by atoms with Gasteiger partial charge >= 0.3 is 0 Å². The van der Waals surface area contributed by atoms with Gasteiger partial charge in [0.15, 0.2) is 0 Å². The van der Waals surface area contributed by atoms with Crippen LogP contribution in [0.25, 0.3) is 0 Å². The van der Waals surface area contributed by atoms with Crippen molar-refractivity contribution in [2.24, 2.45) is 0 Å². The van der Waals surface area contributed by atoms with Gasteiger partial charge in [-0.3, -0.25) is 14.6 Å². The monoisotopic (exact) mass is 269 g/mol. The van der Waals surface area contributed by atoms with Gasteiger partial charge in [-0.25, -0.2) is 8.78 Å². The van der Waals surface area contributed by atoms with E-state index in [4.69, 9.17) is 0 Å². The number of aromatic nitrogens is 4. The summed E-state index contributed by atoms with van der Waals surface area (Å²) in [5, 5.41) is 10.2. The molecule has 0 saturated heterocycles. The number of alkyl halides is 2. The Bertz CT molecular complexity index is 564. The molecule has 2 aromatic heterocycles. The lowest BCUT2D eigenvalue weighted by molar-refractivity contribution is 0.0991. The van der Waals surface area contributed by atoms with Gasteiger partial charge in [-0.2, -0.15) is 10.2 Å². The highest BCUT2D eigenvalue weighted by atomic mass is 19.3. The summed E-state index contributed by atoms with van der Waals surface area (Å²) < 4.78 is 25.6. The van der Waals surface area contributed by atoms with Crippen LogP contribution in [0.1, 0.15) is 16.1 Å². The molecule has 0 bridgehead atoms. The largest absolute Gasteiger partial charge is 0.308 e. The second-order valence-corrected chi connectivity index (χ2v) is 4.06. The van der Waals surface area contributed by atoms with E-state index in [1.807, 2.05) is 0 Å². The molecule has 8 heteroatoms. The van der Waals surface area contributed by atoms with Crippen LogP contribution in [0.2, 0.25) is 0 Å². The fourth-order valence-electron chi connectivity index (χ4n) is 1.69. The predicted molar refractivity (Wildman–Crippen MR) is 64.3 cm³/mol. The Labute approximate surface area is 108 Å². The molecule has 0 atom stereocenters. The summed E-state index contributed by atoms with van der Waals surface area (Å²) in [6.07, 6.45) is 1.89. The summed E-state index contributed by atoms with van der Waals surface area (Å²) in [7, 11) is 1.58. The first-order valence-electron chi connectivity index (χ1n) is 5.58. The van der Waals surface area contributed by atoms with Gasteiger partial charge in [0.1, 0.15) is 6.54 Å². The summed E-state index contributed by atoms with van der Waals surface area (Å²) in [6.45, 7) is 1.09. The van der Waals surface area contributed by atoms with Crippen LogP contribution in [-0.2, 0) is 6.54 Å². The summed E-state index contributed by atoms with van der Waals surface area (Å²) in [5.74, 6) is -0.320. The fourth-order valence-corrected chi connectivity index (χ4v) is 1.69. The van der Waals surface area contributed by atoms with Gasteiger partial charge in [0.2, 0.25) is 0 Å². The van der Waals surface area contributed by atoms with Crippen molar-refractivity contribution in [2.45, 2.75) is 19.9 Å². The van der Waals surface area contributed by atoms with E-state index in [1.54, 1.807) is 20.2 Å². The Balaban J connectivity index is 2.21. The van der Waals surface area contributed by atoms with Gasteiger partial charge in [-0.1, -0.05) is 0 Å². The maximum absolute atomic E-state index is 12.3. The molecular weight excluding hydrogens is 256 g/mol. The smallest absolute Gasteiger partial charge is 0.261 e. The van der Waals surface area contributed by atoms with Gasteiger partial charge in [0.05, 0.1) is 23.1 Å². The second-order valence-electron chi connectivity index (χ2n) is 4.06. The number of anilines is 1. The van der Waals surface area contributed by atoms with Crippen molar-refractivity contribution in [1.29, 1.82) is 0 Å². The molecule has 1 amide bonds. The summed E-state index contributed by atoms with van der Waals surface area (Å²) >= 11 is 0. The van der Waals surface area contributed by atoms with E-state index in [2.05, 4.69) is 15.3 Å². The van der Waals surface area contributed by atoms with Crippen LogP contribution in [-0.4, -0.2) is 39.4 Å². The number of hydrogen-bond acceptors (Lipinski definition) is 3. The number of carbonyl (C=O) groups excluding carboxylic acids is 1. The van der Waals surface area contributed by atoms with Crippen molar-refractivity contribution in [3.8, 4) is 0 Å². The van der Waals surface area contributed by atoms with E-state index in [9.17, 15) is 13.6 Å². The molecule has 0 aliphatic rings. The molecule has 0 fully saturated rings. The van der Waals surface area contributed by atoms with Crippen LogP contribution in [0.5, 0.6) is 0 Å². The molecule has 0 radical (unpaired) electrons. The van der Waals surface area contributed by atoms with Gasteiger partial charge in [-0.05, 0) is 6.92 Å². The van der Waals surface area contributed by atoms with E-state index in [0.717, 1.165) is 4.68 Å². The summed E-state index contributed by atoms with van der Waals surface area (Å²) in [5.41, 5.74) is 1.30. The number of amides is 1. The van der Waals surface area contributed by atoms with E-state index in [1.165, 1.54) is 17.3 Å². The summed E-state index contributed by atoms with van der Waals surface area (Å²) in [6, 6.07) is 0. The zero-order chi connectivity index (χ0) is 14.0. The second kappa shape index (κ2) is 5.17. The molecule has 2 aromatic rings. The molecule has 2 rings (SSSR count). The minimum absolute atomic E-state index is 0.296. The Hall–Kier alpha value is -2.25. The number of nitrogens with one attached hydrogen (secondary N) is 1. The number of carbonyl (C=O) groups is 1. The SMILES string of the molecule is Cc1nn(CC(F)F)cc1C(=O)N(C)c1cn[nH]c1. The van der Waals surface area contributed by atoms with Crippen LogP contribution < -0.4 is 4.90 Å². The van der Waals surface area contributed by atoms with Crippen LogP contribution in [0, 0.1) is 6.92 Å². The normalized spacial score (nSPS) is 11.0. The number of rotatable bonds is 4. The van der Waals surface area contributed by atoms with Crippen LogP contribution >= 0.6 is 0 Å². The van der Waals surface area contributed by atoms with E-state index in [-0.39, 0.29) is 5.91 Å². The first-order valence-corrected chi connectivity index (χ1v) is 5.58. The molecular formula is C11H13F2N5O. The molecule has 0 spiro atoms. The van der Waals surface area contributed by atoms with E-state index >= 15 is 0 Å². The maximum Gasteiger partial charge on any atom is 0.261 e. The minimum Gasteiger partial charge on any atom is -0.308 e. The lowest BCUT2D eigenvalue weighted by Crippen LogP contribution is -2.26. The van der Waals surface area contributed by atoms with Crippen molar-refractivity contribution in [3.05, 3.63) is 29.8 Å². The number of aromatic amines is 1. The Morgan fingerprint density at radius 1 is 1.58 bits per heavy atom. The first-order chi connectivity index (χ1) is 8.99. The molecule has 0 aliphatic carbocycles. The highest BCUT2D eigenvalue weighted by Crippen LogP contribution is 2.15. The quantitative estimate of drug-likeness (QED) is 0.913. The van der Waals surface area contributed by atoms with E-state index in [0.29, 0.717) is 16.9 Å². The van der Waals surface area contributed by atoms with Crippen molar-refractivity contribution < 1.29 is 13.6 Å². The number of aryl methyl sites for hydroxylation is 1. The van der Waals surface area contributed by atoms with Crippen molar-refractivity contribution in [3.63, 3.8) is 0 Å². The third-order valence-corrected chi connectivity index (χ3v) is 2.68. The molecule has 0 aromatic carbocycles. The van der Waals surface area contributed by atoms with Gasteiger partial charge in [0, 0.05) is 19.4 Å². The average molecular weight is 269 g/mol. The van der Waals surface area contributed by atoms with Gasteiger partial charge < -0.3 is 4.90 Å². The third kappa shape index (κ3) is 2.78. The lowest BCUT2D eigenvalue weighted by atomic mass is 10.2.